The van der Waals surface area contributed by atoms with Gasteiger partial charge in [0, 0.05) is 21.9 Å². The largest absolute Gasteiger partial charge is 0.0656 e. The zero-order chi connectivity index (χ0) is 28.5. The maximum atomic E-state index is 8.01. The second kappa shape index (κ2) is 9.58. The SMILES string of the molecule is [2H]C([2H])([2H])c1cc(C)cc(Cc2cc(Cc3cc(C[Si]C(C)C)cc(C([2H])([2H])[2H])c3)cc(C([2H])([2H])[2H])c2)c1. The van der Waals surface area contributed by atoms with Crippen molar-refractivity contribution in [1.82, 2.24) is 0 Å². The lowest BCUT2D eigenvalue weighted by atomic mass is 9.95. The van der Waals surface area contributed by atoms with Gasteiger partial charge in [0.05, 0.1) is 0 Å². The first kappa shape index (κ1) is 12.5. The molecule has 29 heavy (non-hydrogen) atoms. The maximum absolute atomic E-state index is 8.01. The van der Waals surface area contributed by atoms with E-state index in [-0.39, 0.29) is 11.1 Å². The summed E-state index contributed by atoms with van der Waals surface area (Å²) in [6.07, 6.45) is 0.782. The first-order chi connectivity index (χ1) is 17.4. The summed E-state index contributed by atoms with van der Waals surface area (Å²) in [5.74, 6) is 0. The van der Waals surface area contributed by atoms with Crippen LogP contribution in [0.1, 0.15) is 76.3 Å². The molecule has 3 aromatic rings. The molecule has 3 aromatic carbocycles. The number of aryl methyl sites for hydroxylation is 4. The standard InChI is InChI=1S/C28H34Si/c1-19(2)29-18-28-13-23(6)12-27(17-28)16-26-11-22(5)10-25(15-26)14-24-8-20(3)7-21(4)9-24/h7-13,15,17,19H,14,16,18H2,1-6H3/i3D3,5D3,6D3. The lowest BCUT2D eigenvalue weighted by Crippen LogP contribution is -2.02. The average Bonchev–Trinajstić information content (AvgIpc) is 2.75. The van der Waals surface area contributed by atoms with Crippen molar-refractivity contribution >= 4 is 9.52 Å². The third-order valence-electron chi connectivity index (χ3n) is 4.77. The lowest BCUT2D eigenvalue weighted by molar-refractivity contribution is 1.04. The van der Waals surface area contributed by atoms with Gasteiger partial charge in [-0.15, -0.1) is 0 Å². The van der Waals surface area contributed by atoms with Crippen molar-refractivity contribution in [1.29, 1.82) is 0 Å². The molecule has 2 radical (unpaired) electrons. The molecule has 0 heterocycles. The first-order valence-electron chi connectivity index (χ1n) is 14.5. The van der Waals surface area contributed by atoms with Crippen molar-refractivity contribution in [2.45, 2.75) is 65.8 Å². The molecule has 0 atom stereocenters. The van der Waals surface area contributed by atoms with Gasteiger partial charge < -0.3 is 0 Å². The van der Waals surface area contributed by atoms with Crippen molar-refractivity contribution in [3.05, 3.63) is 105 Å². The summed E-state index contributed by atoms with van der Waals surface area (Å²) in [6, 6.07) is 16.8. The van der Waals surface area contributed by atoms with Crippen molar-refractivity contribution in [2.75, 3.05) is 0 Å². The Kier molecular flexibility index (Phi) is 4.15. The highest BCUT2D eigenvalue weighted by molar-refractivity contribution is 6.36. The smallest absolute Gasteiger partial charge is 0.0457 e. The van der Waals surface area contributed by atoms with E-state index in [1.165, 1.54) is 0 Å². The van der Waals surface area contributed by atoms with E-state index in [2.05, 4.69) is 13.8 Å². The number of rotatable bonds is 7. The van der Waals surface area contributed by atoms with Crippen LogP contribution in [0.4, 0.5) is 0 Å². The highest BCUT2D eigenvalue weighted by Gasteiger charge is 2.06. The minimum atomic E-state index is -2.31. The fraction of sp³-hybridized carbons (Fsp3) is 0.357. The Hall–Kier alpha value is -2.12. The second-order valence-corrected chi connectivity index (χ2v) is 10.1. The molecule has 0 fully saturated rings. The molecule has 0 saturated heterocycles. The fourth-order valence-corrected chi connectivity index (χ4v) is 4.54. The van der Waals surface area contributed by atoms with E-state index in [4.69, 9.17) is 12.3 Å². The minimum Gasteiger partial charge on any atom is -0.0656 e. The maximum Gasteiger partial charge on any atom is 0.0457 e. The van der Waals surface area contributed by atoms with Crippen LogP contribution in [0.5, 0.6) is 0 Å². The van der Waals surface area contributed by atoms with E-state index in [1.54, 1.807) is 36.4 Å². The van der Waals surface area contributed by atoms with Crippen molar-refractivity contribution < 1.29 is 12.3 Å². The molecule has 1 heteroatoms. The Morgan fingerprint density at radius 1 is 0.621 bits per heavy atom. The van der Waals surface area contributed by atoms with Crippen LogP contribution in [0, 0.1) is 27.5 Å². The topological polar surface area (TPSA) is 0 Å². The van der Waals surface area contributed by atoms with Gasteiger partial charge in [0.25, 0.3) is 0 Å². The summed E-state index contributed by atoms with van der Waals surface area (Å²) in [6.45, 7) is -0.644. The predicted molar refractivity (Wildman–Crippen MR) is 128 cm³/mol. The van der Waals surface area contributed by atoms with Gasteiger partial charge in [-0.25, -0.2) is 0 Å². The molecule has 0 bridgehead atoms. The molecule has 0 saturated carbocycles. The van der Waals surface area contributed by atoms with Gasteiger partial charge >= 0.3 is 0 Å². The van der Waals surface area contributed by atoms with Crippen LogP contribution in [0.3, 0.4) is 0 Å². The van der Waals surface area contributed by atoms with Crippen LogP contribution >= 0.6 is 0 Å². The molecule has 3 rings (SSSR count). The van der Waals surface area contributed by atoms with Gasteiger partial charge in [-0.3, -0.25) is 0 Å². The Morgan fingerprint density at radius 2 is 1.03 bits per heavy atom. The van der Waals surface area contributed by atoms with Crippen LogP contribution < -0.4 is 0 Å². The summed E-state index contributed by atoms with van der Waals surface area (Å²) >= 11 is 0. The normalized spacial score (nSPS) is 17.2. The van der Waals surface area contributed by atoms with Gasteiger partial charge in [0.2, 0.25) is 0 Å². The van der Waals surface area contributed by atoms with Gasteiger partial charge in [-0.05, 0) is 68.6 Å². The summed E-state index contributed by atoms with van der Waals surface area (Å²) < 4.78 is 71.1. The molecule has 0 amide bonds. The molecular weight excluding hydrogens is 364 g/mol. The molecule has 0 spiro atoms. The number of benzene rings is 3. The molecule has 0 unspecified atom stereocenters. The second-order valence-electron chi connectivity index (χ2n) is 8.17. The summed E-state index contributed by atoms with van der Waals surface area (Å²) in [7, 11) is 0.678. The van der Waals surface area contributed by atoms with Crippen molar-refractivity contribution in [2.24, 2.45) is 0 Å². The molecule has 0 aliphatic rings. The monoisotopic (exact) mass is 407 g/mol. The quantitative estimate of drug-likeness (QED) is 0.365. The Morgan fingerprint density at radius 3 is 1.55 bits per heavy atom. The highest BCUT2D eigenvalue weighted by Crippen LogP contribution is 2.20. The molecule has 0 nitrogen and oxygen atoms in total. The van der Waals surface area contributed by atoms with Crippen LogP contribution in [-0.4, -0.2) is 9.52 Å². The fourth-order valence-electron chi connectivity index (χ4n) is 3.69. The van der Waals surface area contributed by atoms with Crippen LogP contribution in [0.2, 0.25) is 5.54 Å². The van der Waals surface area contributed by atoms with Gasteiger partial charge in [0.15, 0.2) is 0 Å². The molecular formula is C28H34Si. The molecule has 0 N–H and O–H groups in total. The number of hydrogen-bond donors (Lipinski definition) is 0. The molecule has 0 aliphatic carbocycles. The van der Waals surface area contributed by atoms with Gasteiger partial charge in [-0.2, -0.15) is 0 Å². The summed E-state index contributed by atoms with van der Waals surface area (Å²) in [4.78, 5) is 0. The Balaban J connectivity index is 2.02. The third-order valence-corrected chi connectivity index (χ3v) is 6.20. The van der Waals surface area contributed by atoms with Crippen LogP contribution in [0.15, 0.2) is 54.6 Å². The first-order valence-corrected chi connectivity index (χ1v) is 11.3. The molecule has 0 aliphatic heterocycles. The third kappa shape index (κ3) is 6.71. The van der Waals surface area contributed by atoms with E-state index in [9.17, 15) is 0 Å². The zero-order valence-corrected chi connectivity index (χ0v) is 18.4. The van der Waals surface area contributed by atoms with E-state index >= 15 is 0 Å². The van der Waals surface area contributed by atoms with E-state index in [1.807, 2.05) is 25.1 Å². The number of hydrogen-bond acceptors (Lipinski definition) is 0. The van der Waals surface area contributed by atoms with E-state index in [0.717, 1.165) is 39.4 Å². The average molecular weight is 408 g/mol. The highest BCUT2D eigenvalue weighted by atomic mass is 28.2. The Bertz CT molecular complexity index is 1270. The summed E-state index contributed by atoms with van der Waals surface area (Å²) in [5, 5.41) is 0. The Labute approximate surface area is 192 Å². The van der Waals surface area contributed by atoms with Crippen LogP contribution in [0.25, 0.3) is 0 Å². The van der Waals surface area contributed by atoms with E-state index in [0.29, 0.717) is 33.5 Å². The molecule has 150 valence electrons. The zero-order valence-electron chi connectivity index (χ0n) is 26.4. The minimum absolute atomic E-state index is 0.210. The van der Waals surface area contributed by atoms with Crippen molar-refractivity contribution in [3.63, 3.8) is 0 Å². The lowest BCUT2D eigenvalue weighted by Gasteiger charge is -2.12. The van der Waals surface area contributed by atoms with E-state index < -0.39 is 20.6 Å². The van der Waals surface area contributed by atoms with Crippen molar-refractivity contribution in [3.8, 4) is 0 Å². The van der Waals surface area contributed by atoms with Crippen LogP contribution in [-0.2, 0) is 18.9 Å². The predicted octanol–water partition coefficient (Wildman–Crippen LogP) is 7.13. The molecule has 0 aromatic heterocycles. The summed E-state index contributed by atoms with van der Waals surface area (Å²) in [5.41, 5.74) is 6.26. The van der Waals surface area contributed by atoms with Gasteiger partial charge in [0.1, 0.15) is 0 Å². The van der Waals surface area contributed by atoms with Gasteiger partial charge in [-0.1, -0.05) is 102 Å².